The van der Waals surface area contributed by atoms with Crippen molar-refractivity contribution in [1.29, 1.82) is 0 Å². The third-order valence-electron chi connectivity index (χ3n) is 3.28. The fourth-order valence-corrected chi connectivity index (χ4v) is 2.19. The van der Waals surface area contributed by atoms with Crippen molar-refractivity contribution in [2.24, 2.45) is 0 Å². The lowest BCUT2D eigenvalue weighted by atomic mass is 10.1. The molecule has 1 saturated heterocycles. The van der Waals surface area contributed by atoms with Crippen molar-refractivity contribution in [2.45, 2.75) is 12.5 Å². The molecule has 0 bridgehead atoms. The fraction of sp³-hybridized carbons (Fsp3) is 0.429. The standard InChI is InChI=1S/C14H16FNO5/c1-20-11-3-2-10(15)6-9(11)7-13(17)16-4-5-21-12(8-16)14(18)19/h2-3,6,12H,4-5,7-8H2,1H3,(H,18,19). The second-order valence-corrected chi connectivity index (χ2v) is 4.67. The van der Waals surface area contributed by atoms with Crippen molar-refractivity contribution in [1.82, 2.24) is 4.90 Å². The summed E-state index contributed by atoms with van der Waals surface area (Å²) < 4.78 is 23.4. The van der Waals surface area contributed by atoms with E-state index in [4.69, 9.17) is 14.6 Å². The third kappa shape index (κ3) is 3.69. The Morgan fingerprint density at radius 2 is 2.29 bits per heavy atom. The van der Waals surface area contributed by atoms with E-state index in [1.807, 2.05) is 0 Å². The molecule has 0 spiro atoms. The predicted octanol–water partition coefficient (Wildman–Crippen LogP) is 0.689. The average molecular weight is 297 g/mol. The van der Waals surface area contributed by atoms with Crippen molar-refractivity contribution in [3.63, 3.8) is 0 Å². The van der Waals surface area contributed by atoms with E-state index in [2.05, 4.69) is 0 Å². The molecular weight excluding hydrogens is 281 g/mol. The number of amides is 1. The molecule has 7 heteroatoms. The number of hydrogen-bond acceptors (Lipinski definition) is 4. The largest absolute Gasteiger partial charge is 0.496 e. The summed E-state index contributed by atoms with van der Waals surface area (Å²) in [6, 6.07) is 3.95. The highest BCUT2D eigenvalue weighted by Crippen LogP contribution is 2.21. The monoisotopic (exact) mass is 297 g/mol. The van der Waals surface area contributed by atoms with Gasteiger partial charge in [-0.1, -0.05) is 0 Å². The van der Waals surface area contributed by atoms with Gasteiger partial charge in [0.05, 0.1) is 26.7 Å². The Kier molecular flexibility index (Phi) is 4.74. The maximum Gasteiger partial charge on any atom is 0.334 e. The van der Waals surface area contributed by atoms with E-state index < -0.39 is 17.9 Å². The van der Waals surface area contributed by atoms with Crippen LogP contribution in [-0.2, 0) is 20.7 Å². The normalized spacial score (nSPS) is 18.4. The van der Waals surface area contributed by atoms with Crippen molar-refractivity contribution in [3.05, 3.63) is 29.6 Å². The van der Waals surface area contributed by atoms with Crippen LogP contribution in [0.4, 0.5) is 4.39 Å². The number of ether oxygens (including phenoxy) is 2. The molecule has 1 N–H and O–H groups in total. The van der Waals surface area contributed by atoms with Crippen LogP contribution in [-0.4, -0.2) is 54.8 Å². The number of methoxy groups -OCH3 is 1. The molecule has 6 nitrogen and oxygen atoms in total. The Morgan fingerprint density at radius 3 is 2.95 bits per heavy atom. The summed E-state index contributed by atoms with van der Waals surface area (Å²) in [6.07, 6.45) is -1.06. The Balaban J connectivity index is 2.07. The first-order valence-corrected chi connectivity index (χ1v) is 6.46. The van der Waals surface area contributed by atoms with E-state index in [0.717, 1.165) is 0 Å². The number of halogens is 1. The van der Waals surface area contributed by atoms with Gasteiger partial charge in [-0.05, 0) is 18.2 Å². The zero-order valence-corrected chi connectivity index (χ0v) is 11.5. The van der Waals surface area contributed by atoms with Gasteiger partial charge in [-0.3, -0.25) is 4.79 Å². The third-order valence-corrected chi connectivity index (χ3v) is 3.28. The van der Waals surface area contributed by atoms with E-state index >= 15 is 0 Å². The van der Waals surface area contributed by atoms with Crippen LogP contribution in [0.5, 0.6) is 5.75 Å². The average Bonchev–Trinajstić information content (AvgIpc) is 2.47. The lowest BCUT2D eigenvalue weighted by Crippen LogP contribution is -2.49. The molecule has 1 atom stereocenters. The number of morpholine rings is 1. The van der Waals surface area contributed by atoms with Crippen molar-refractivity contribution >= 4 is 11.9 Å². The summed E-state index contributed by atoms with van der Waals surface area (Å²) in [6.45, 7) is 0.481. The number of carbonyl (C=O) groups excluding carboxylic acids is 1. The summed E-state index contributed by atoms with van der Waals surface area (Å²) in [5.74, 6) is -1.42. The number of benzene rings is 1. The van der Waals surface area contributed by atoms with Gasteiger partial charge in [0, 0.05) is 12.1 Å². The number of carboxylic acids is 1. The molecule has 0 radical (unpaired) electrons. The molecule has 1 aliphatic rings. The number of carboxylic acid groups (broad SMARTS) is 1. The summed E-state index contributed by atoms with van der Waals surface area (Å²) in [5, 5.41) is 8.91. The lowest BCUT2D eigenvalue weighted by Gasteiger charge is -2.31. The Hall–Kier alpha value is -2.15. The summed E-state index contributed by atoms with van der Waals surface area (Å²) in [5.41, 5.74) is 0.431. The van der Waals surface area contributed by atoms with E-state index in [9.17, 15) is 14.0 Å². The summed E-state index contributed by atoms with van der Waals surface area (Å²) >= 11 is 0. The van der Waals surface area contributed by atoms with Gasteiger partial charge >= 0.3 is 5.97 Å². The predicted molar refractivity (Wildman–Crippen MR) is 70.6 cm³/mol. The minimum absolute atomic E-state index is 0.00814. The van der Waals surface area contributed by atoms with Crippen LogP contribution in [0.3, 0.4) is 0 Å². The molecule has 0 aliphatic carbocycles. The topological polar surface area (TPSA) is 76.1 Å². The molecule has 1 amide bonds. The van der Waals surface area contributed by atoms with E-state index in [1.165, 1.54) is 30.2 Å². The first-order valence-electron chi connectivity index (χ1n) is 6.46. The maximum absolute atomic E-state index is 13.3. The summed E-state index contributed by atoms with van der Waals surface area (Å²) in [7, 11) is 1.44. The molecule has 21 heavy (non-hydrogen) atoms. The van der Waals surface area contributed by atoms with Gasteiger partial charge in [0.25, 0.3) is 0 Å². The minimum Gasteiger partial charge on any atom is -0.496 e. The van der Waals surface area contributed by atoms with Crippen molar-refractivity contribution in [2.75, 3.05) is 26.8 Å². The second-order valence-electron chi connectivity index (χ2n) is 4.67. The smallest absolute Gasteiger partial charge is 0.334 e. The Bertz CT molecular complexity index is 548. The van der Waals surface area contributed by atoms with Crippen molar-refractivity contribution in [3.8, 4) is 5.75 Å². The number of rotatable bonds is 4. The lowest BCUT2D eigenvalue weighted by molar-refractivity contribution is -0.159. The van der Waals surface area contributed by atoms with Crippen molar-refractivity contribution < 1.29 is 28.6 Å². The maximum atomic E-state index is 13.3. The fourth-order valence-electron chi connectivity index (χ4n) is 2.19. The van der Waals surface area contributed by atoms with Crippen LogP contribution in [0.15, 0.2) is 18.2 Å². The Morgan fingerprint density at radius 1 is 1.52 bits per heavy atom. The molecule has 1 fully saturated rings. The molecule has 114 valence electrons. The van der Waals surface area contributed by atoms with E-state index in [0.29, 0.717) is 17.9 Å². The second kappa shape index (κ2) is 6.53. The van der Waals surface area contributed by atoms with Gasteiger partial charge in [0.1, 0.15) is 11.6 Å². The van der Waals surface area contributed by atoms with Gasteiger partial charge in [-0.15, -0.1) is 0 Å². The van der Waals surface area contributed by atoms with Crippen LogP contribution in [0.25, 0.3) is 0 Å². The van der Waals surface area contributed by atoms with Crippen LogP contribution >= 0.6 is 0 Å². The molecular formula is C14H16FNO5. The van der Waals surface area contributed by atoms with Crippen LogP contribution in [0, 0.1) is 5.82 Å². The molecule has 1 unspecified atom stereocenters. The van der Waals surface area contributed by atoms with Crippen LogP contribution in [0.2, 0.25) is 0 Å². The summed E-state index contributed by atoms with van der Waals surface area (Å²) in [4.78, 5) is 24.5. The highest BCUT2D eigenvalue weighted by molar-refractivity contribution is 5.81. The van der Waals surface area contributed by atoms with Gasteiger partial charge < -0.3 is 19.5 Å². The molecule has 1 aromatic rings. The SMILES string of the molecule is COc1ccc(F)cc1CC(=O)N1CCOC(C(=O)O)C1. The van der Waals surface area contributed by atoms with Gasteiger partial charge in [-0.2, -0.15) is 0 Å². The zero-order valence-electron chi connectivity index (χ0n) is 11.5. The quantitative estimate of drug-likeness (QED) is 0.885. The van der Waals surface area contributed by atoms with Crippen LogP contribution < -0.4 is 4.74 Å². The van der Waals surface area contributed by atoms with Crippen LogP contribution in [0.1, 0.15) is 5.56 Å². The van der Waals surface area contributed by atoms with E-state index in [1.54, 1.807) is 0 Å². The molecule has 0 saturated carbocycles. The molecule has 2 rings (SSSR count). The molecule has 1 aliphatic heterocycles. The van der Waals surface area contributed by atoms with Gasteiger partial charge in [0.15, 0.2) is 6.10 Å². The molecule has 1 heterocycles. The highest BCUT2D eigenvalue weighted by atomic mass is 19.1. The first-order chi connectivity index (χ1) is 10.0. The number of nitrogens with zero attached hydrogens (tertiary/aromatic N) is 1. The minimum atomic E-state index is -1.10. The molecule has 1 aromatic carbocycles. The Labute approximate surface area is 121 Å². The van der Waals surface area contributed by atoms with Gasteiger partial charge in [0.2, 0.25) is 5.91 Å². The first kappa shape index (κ1) is 15.2. The number of carbonyl (C=O) groups is 2. The number of hydrogen-bond donors (Lipinski definition) is 1. The zero-order chi connectivity index (χ0) is 15.4. The highest BCUT2D eigenvalue weighted by Gasteiger charge is 2.29. The number of aliphatic carboxylic acids is 1. The van der Waals surface area contributed by atoms with Gasteiger partial charge in [-0.25, -0.2) is 9.18 Å². The molecule has 0 aromatic heterocycles. The van der Waals surface area contributed by atoms with E-state index in [-0.39, 0.29) is 25.5 Å².